The highest BCUT2D eigenvalue weighted by atomic mass is 15.2. The fourth-order valence-electron chi connectivity index (χ4n) is 3.29. The van der Waals surface area contributed by atoms with E-state index in [9.17, 15) is 0 Å². The van der Waals surface area contributed by atoms with Crippen molar-refractivity contribution < 1.29 is 0 Å². The van der Waals surface area contributed by atoms with Gasteiger partial charge in [-0.15, -0.1) is 0 Å². The molecule has 0 bridgehead atoms. The maximum absolute atomic E-state index is 6.49. The lowest BCUT2D eigenvalue weighted by atomic mass is 9.97. The van der Waals surface area contributed by atoms with E-state index in [1.807, 2.05) is 0 Å². The van der Waals surface area contributed by atoms with Crippen molar-refractivity contribution in [2.45, 2.75) is 64.6 Å². The van der Waals surface area contributed by atoms with Crippen molar-refractivity contribution in [3.63, 3.8) is 0 Å². The Labute approximate surface area is 118 Å². The predicted molar refractivity (Wildman–Crippen MR) is 82.2 cm³/mol. The quantitative estimate of drug-likeness (QED) is 0.878. The van der Waals surface area contributed by atoms with E-state index in [4.69, 9.17) is 5.73 Å². The van der Waals surface area contributed by atoms with E-state index in [1.165, 1.54) is 36.9 Å². The van der Waals surface area contributed by atoms with Gasteiger partial charge in [-0.25, -0.2) is 0 Å². The number of benzene rings is 1. The van der Waals surface area contributed by atoms with Gasteiger partial charge in [-0.05, 0) is 50.3 Å². The molecule has 0 aromatic heterocycles. The van der Waals surface area contributed by atoms with Crippen LogP contribution in [-0.4, -0.2) is 23.5 Å². The maximum atomic E-state index is 6.49. The van der Waals surface area contributed by atoms with Gasteiger partial charge in [-0.1, -0.05) is 38.1 Å². The molecule has 0 aliphatic carbocycles. The van der Waals surface area contributed by atoms with Crippen molar-refractivity contribution in [2.75, 3.05) is 6.54 Å². The second-order valence-electron chi connectivity index (χ2n) is 5.80. The first kappa shape index (κ1) is 14.5. The van der Waals surface area contributed by atoms with Gasteiger partial charge >= 0.3 is 0 Å². The number of hydrogen-bond acceptors (Lipinski definition) is 2. The predicted octanol–water partition coefficient (Wildman–Crippen LogP) is 3.51. The molecule has 1 fully saturated rings. The largest absolute Gasteiger partial charge is 0.323 e. The number of nitrogens with two attached hydrogens (primary N) is 1. The summed E-state index contributed by atoms with van der Waals surface area (Å²) in [6.07, 6.45) is 4.99. The normalized spacial score (nSPS) is 23.5. The minimum absolute atomic E-state index is 0.123. The van der Waals surface area contributed by atoms with E-state index in [0.717, 1.165) is 12.5 Å². The van der Waals surface area contributed by atoms with E-state index >= 15 is 0 Å². The zero-order valence-corrected chi connectivity index (χ0v) is 12.6. The smallest absolute Gasteiger partial charge is 0.0450 e. The number of likely N-dealkylation sites (tertiary alicyclic amines) is 1. The van der Waals surface area contributed by atoms with Crippen LogP contribution in [0.2, 0.25) is 0 Å². The van der Waals surface area contributed by atoms with Crippen LogP contribution in [0, 0.1) is 0 Å². The molecule has 1 aromatic carbocycles. The minimum Gasteiger partial charge on any atom is -0.323 e. The topological polar surface area (TPSA) is 29.3 Å². The van der Waals surface area contributed by atoms with E-state index in [1.54, 1.807) is 0 Å². The standard InChI is InChI=1S/C17H28N2/c1-4-14-8-10-15(11-9-14)17(18)13(3)19-12-6-7-16(19)5-2/h8-11,13,16-17H,4-7,12,18H2,1-3H3. The van der Waals surface area contributed by atoms with E-state index in [-0.39, 0.29) is 6.04 Å². The Morgan fingerprint density at radius 2 is 1.95 bits per heavy atom. The Morgan fingerprint density at radius 3 is 2.53 bits per heavy atom. The van der Waals surface area contributed by atoms with Crippen LogP contribution in [0.5, 0.6) is 0 Å². The van der Waals surface area contributed by atoms with Crippen LogP contribution in [0.15, 0.2) is 24.3 Å². The Bertz CT molecular complexity index is 385. The van der Waals surface area contributed by atoms with Crippen molar-refractivity contribution >= 4 is 0 Å². The van der Waals surface area contributed by atoms with Crippen molar-refractivity contribution in [2.24, 2.45) is 5.73 Å². The van der Waals surface area contributed by atoms with Crippen LogP contribution in [0.1, 0.15) is 57.2 Å². The highest BCUT2D eigenvalue weighted by Gasteiger charge is 2.30. The summed E-state index contributed by atoms with van der Waals surface area (Å²) >= 11 is 0. The first-order chi connectivity index (χ1) is 9.17. The molecular weight excluding hydrogens is 232 g/mol. The molecule has 2 rings (SSSR count). The molecular formula is C17H28N2. The molecule has 1 aliphatic heterocycles. The SMILES string of the molecule is CCc1ccc(C(N)C(C)N2CCCC2CC)cc1. The first-order valence-electron chi connectivity index (χ1n) is 7.77. The van der Waals surface area contributed by atoms with Crippen LogP contribution in [0.4, 0.5) is 0 Å². The third-order valence-corrected chi connectivity index (χ3v) is 4.71. The van der Waals surface area contributed by atoms with Gasteiger partial charge in [0, 0.05) is 18.1 Å². The van der Waals surface area contributed by atoms with Gasteiger partial charge in [0.1, 0.15) is 0 Å². The van der Waals surface area contributed by atoms with E-state index < -0.39 is 0 Å². The van der Waals surface area contributed by atoms with Crippen molar-refractivity contribution in [1.82, 2.24) is 4.90 Å². The molecule has 0 amide bonds. The summed E-state index contributed by atoms with van der Waals surface area (Å²) in [5.74, 6) is 0. The zero-order valence-electron chi connectivity index (χ0n) is 12.6. The molecule has 2 heteroatoms. The monoisotopic (exact) mass is 260 g/mol. The number of hydrogen-bond donors (Lipinski definition) is 1. The lowest BCUT2D eigenvalue weighted by molar-refractivity contribution is 0.165. The summed E-state index contributed by atoms with van der Waals surface area (Å²) in [4.78, 5) is 2.61. The fourth-order valence-corrected chi connectivity index (χ4v) is 3.29. The summed E-state index contributed by atoms with van der Waals surface area (Å²) in [5.41, 5.74) is 9.14. The molecule has 1 aliphatic rings. The van der Waals surface area contributed by atoms with Crippen molar-refractivity contribution in [1.29, 1.82) is 0 Å². The molecule has 2 N–H and O–H groups in total. The average Bonchev–Trinajstić information content (AvgIpc) is 2.94. The number of aryl methyl sites for hydroxylation is 1. The second kappa shape index (κ2) is 6.53. The zero-order chi connectivity index (χ0) is 13.8. The van der Waals surface area contributed by atoms with Crippen molar-refractivity contribution in [3.05, 3.63) is 35.4 Å². The minimum atomic E-state index is 0.123. The van der Waals surface area contributed by atoms with Gasteiger partial charge in [0.2, 0.25) is 0 Å². The van der Waals surface area contributed by atoms with Crippen LogP contribution < -0.4 is 5.73 Å². The Hall–Kier alpha value is -0.860. The molecule has 1 aromatic rings. The fraction of sp³-hybridized carbons (Fsp3) is 0.647. The third kappa shape index (κ3) is 3.18. The summed E-state index contributed by atoms with van der Waals surface area (Å²) in [6, 6.07) is 10.1. The molecule has 0 saturated carbocycles. The molecule has 0 spiro atoms. The number of nitrogens with zero attached hydrogens (tertiary/aromatic N) is 1. The maximum Gasteiger partial charge on any atom is 0.0450 e. The van der Waals surface area contributed by atoms with Crippen molar-refractivity contribution in [3.8, 4) is 0 Å². The van der Waals surface area contributed by atoms with Gasteiger partial charge < -0.3 is 5.73 Å². The lowest BCUT2D eigenvalue weighted by Gasteiger charge is -2.34. The summed E-state index contributed by atoms with van der Waals surface area (Å²) in [5, 5.41) is 0. The Balaban J connectivity index is 2.07. The van der Waals surface area contributed by atoms with E-state index in [0.29, 0.717) is 6.04 Å². The average molecular weight is 260 g/mol. The van der Waals surface area contributed by atoms with Crippen LogP contribution in [0.25, 0.3) is 0 Å². The van der Waals surface area contributed by atoms with Crippen LogP contribution in [0.3, 0.4) is 0 Å². The first-order valence-corrected chi connectivity index (χ1v) is 7.77. The molecule has 106 valence electrons. The molecule has 1 heterocycles. The highest BCUT2D eigenvalue weighted by molar-refractivity contribution is 5.25. The third-order valence-electron chi connectivity index (χ3n) is 4.71. The number of rotatable bonds is 5. The summed E-state index contributed by atoms with van der Waals surface area (Å²) in [7, 11) is 0. The highest BCUT2D eigenvalue weighted by Crippen LogP contribution is 2.28. The van der Waals surface area contributed by atoms with Gasteiger partial charge in [0.25, 0.3) is 0 Å². The van der Waals surface area contributed by atoms with Gasteiger partial charge in [0.15, 0.2) is 0 Å². The van der Waals surface area contributed by atoms with Gasteiger partial charge in [-0.3, -0.25) is 4.90 Å². The van der Waals surface area contributed by atoms with Crippen LogP contribution in [-0.2, 0) is 6.42 Å². The molecule has 3 atom stereocenters. The molecule has 2 nitrogen and oxygen atoms in total. The lowest BCUT2D eigenvalue weighted by Crippen LogP contribution is -2.43. The van der Waals surface area contributed by atoms with Gasteiger partial charge in [0.05, 0.1) is 0 Å². The van der Waals surface area contributed by atoms with Crippen LogP contribution >= 0.6 is 0 Å². The summed E-state index contributed by atoms with van der Waals surface area (Å²) in [6.45, 7) is 7.97. The van der Waals surface area contributed by atoms with Gasteiger partial charge in [-0.2, -0.15) is 0 Å². The molecule has 19 heavy (non-hydrogen) atoms. The Morgan fingerprint density at radius 1 is 1.26 bits per heavy atom. The van der Waals surface area contributed by atoms with E-state index in [2.05, 4.69) is 49.9 Å². The Kier molecular flexibility index (Phi) is 5.00. The summed E-state index contributed by atoms with van der Waals surface area (Å²) < 4.78 is 0. The second-order valence-corrected chi connectivity index (χ2v) is 5.80. The molecule has 3 unspecified atom stereocenters. The molecule has 0 radical (unpaired) electrons. The molecule has 1 saturated heterocycles.